The average molecular weight is 353 g/mol. The van der Waals surface area contributed by atoms with Gasteiger partial charge in [0.25, 0.3) is 0 Å². The highest BCUT2D eigenvalue weighted by Gasteiger charge is 2.13. The average Bonchev–Trinajstić information content (AvgIpc) is 2.69. The molecule has 0 spiro atoms. The van der Waals surface area contributed by atoms with E-state index in [-0.39, 0.29) is 5.97 Å². The van der Waals surface area contributed by atoms with E-state index in [4.69, 9.17) is 4.74 Å². The standard InChI is InChI=1S/C21H27N3O2/c1-26-21(25)12-17-3-2-4-18(11-17)14-23-13-16-5-7-19(8-6-16)20-15-22-9-10-24-20/h2-8,11,20,22-24H,9-10,12-15H2,1H3. The molecule has 3 N–H and O–H groups in total. The summed E-state index contributed by atoms with van der Waals surface area (Å²) in [5.41, 5.74) is 4.74. The predicted octanol–water partition coefficient (Wildman–Crippen LogP) is 1.93. The lowest BCUT2D eigenvalue weighted by atomic mass is 10.0. The number of benzene rings is 2. The van der Waals surface area contributed by atoms with Crippen LogP contribution < -0.4 is 16.0 Å². The van der Waals surface area contributed by atoms with Gasteiger partial charge in [-0.15, -0.1) is 0 Å². The molecule has 1 aliphatic heterocycles. The Kier molecular flexibility index (Phi) is 6.77. The van der Waals surface area contributed by atoms with E-state index in [0.29, 0.717) is 12.5 Å². The first-order chi connectivity index (χ1) is 12.7. The third-order valence-corrected chi connectivity index (χ3v) is 4.65. The molecule has 26 heavy (non-hydrogen) atoms. The summed E-state index contributed by atoms with van der Waals surface area (Å²) >= 11 is 0. The first kappa shape index (κ1) is 18.6. The minimum absolute atomic E-state index is 0.210. The molecule has 138 valence electrons. The minimum Gasteiger partial charge on any atom is -0.469 e. The van der Waals surface area contributed by atoms with E-state index >= 15 is 0 Å². The molecular formula is C21H27N3O2. The zero-order valence-corrected chi connectivity index (χ0v) is 15.3. The second-order valence-electron chi connectivity index (χ2n) is 6.63. The highest BCUT2D eigenvalue weighted by atomic mass is 16.5. The number of carbonyl (C=O) groups is 1. The predicted molar refractivity (Wildman–Crippen MR) is 103 cm³/mol. The first-order valence-corrected chi connectivity index (χ1v) is 9.13. The summed E-state index contributed by atoms with van der Waals surface area (Å²) in [5.74, 6) is -0.210. The molecular weight excluding hydrogens is 326 g/mol. The summed E-state index contributed by atoms with van der Waals surface area (Å²) in [7, 11) is 1.42. The normalized spacial score (nSPS) is 17.0. The van der Waals surface area contributed by atoms with Crippen LogP contribution in [0.2, 0.25) is 0 Å². The maximum atomic E-state index is 11.4. The molecule has 5 heteroatoms. The monoisotopic (exact) mass is 353 g/mol. The van der Waals surface area contributed by atoms with Crippen LogP contribution in [0, 0.1) is 0 Å². The van der Waals surface area contributed by atoms with Crippen LogP contribution in [0.25, 0.3) is 0 Å². The Balaban J connectivity index is 1.48. The number of hydrogen-bond donors (Lipinski definition) is 3. The van der Waals surface area contributed by atoms with Crippen molar-refractivity contribution in [2.45, 2.75) is 25.6 Å². The third-order valence-electron chi connectivity index (χ3n) is 4.65. The molecule has 0 aliphatic carbocycles. The Bertz CT molecular complexity index is 709. The van der Waals surface area contributed by atoms with Gasteiger partial charge in [0, 0.05) is 38.8 Å². The Morgan fingerprint density at radius 2 is 1.85 bits per heavy atom. The van der Waals surface area contributed by atoms with Crippen LogP contribution in [0.4, 0.5) is 0 Å². The SMILES string of the molecule is COC(=O)Cc1cccc(CNCc2ccc(C3CNCCN3)cc2)c1. The lowest BCUT2D eigenvalue weighted by Gasteiger charge is -2.25. The van der Waals surface area contributed by atoms with Crippen LogP contribution in [-0.2, 0) is 29.0 Å². The third kappa shape index (κ3) is 5.39. The van der Waals surface area contributed by atoms with Gasteiger partial charge in [-0.1, -0.05) is 48.5 Å². The van der Waals surface area contributed by atoms with E-state index < -0.39 is 0 Å². The lowest BCUT2D eigenvalue weighted by molar-refractivity contribution is -0.139. The van der Waals surface area contributed by atoms with Crippen molar-refractivity contribution in [3.8, 4) is 0 Å². The molecule has 0 radical (unpaired) electrons. The van der Waals surface area contributed by atoms with Gasteiger partial charge in [0.05, 0.1) is 13.5 Å². The van der Waals surface area contributed by atoms with Crippen molar-refractivity contribution in [2.24, 2.45) is 0 Å². The summed E-state index contributed by atoms with van der Waals surface area (Å²) in [6.45, 7) is 4.63. The molecule has 2 aromatic rings. The Morgan fingerprint density at radius 1 is 1.08 bits per heavy atom. The number of piperazine rings is 1. The number of nitrogens with one attached hydrogen (secondary N) is 3. The number of rotatable bonds is 7. The van der Waals surface area contributed by atoms with E-state index in [1.54, 1.807) is 0 Å². The fraction of sp³-hybridized carbons (Fsp3) is 0.381. The van der Waals surface area contributed by atoms with Crippen molar-refractivity contribution in [1.82, 2.24) is 16.0 Å². The highest BCUT2D eigenvalue weighted by molar-refractivity contribution is 5.72. The van der Waals surface area contributed by atoms with Gasteiger partial charge < -0.3 is 20.7 Å². The van der Waals surface area contributed by atoms with Crippen molar-refractivity contribution < 1.29 is 9.53 Å². The molecule has 1 unspecified atom stereocenters. The van der Waals surface area contributed by atoms with E-state index in [2.05, 4.69) is 52.3 Å². The molecule has 5 nitrogen and oxygen atoms in total. The first-order valence-electron chi connectivity index (χ1n) is 9.13. The molecule has 0 bridgehead atoms. The maximum Gasteiger partial charge on any atom is 0.309 e. The fourth-order valence-electron chi connectivity index (χ4n) is 3.20. The van der Waals surface area contributed by atoms with Crippen LogP contribution in [0.1, 0.15) is 28.3 Å². The molecule has 1 aliphatic rings. The Morgan fingerprint density at radius 3 is 2.58 bits per heavy atom. The number of methoxy groups -OCH3 is 1. The van der Waals surface area contributed by atoms with Crippen LogP contribution in [0.15, 0.2) is 48.5 Å². The molecule has 1 atom stereocenters. The number of carbonyl (C=O) groups excluding carboxylic acids is 1. The van der Waals surface area contributed by atoms with Crippen molar-refractivity contribution in [1.29, 1.82) is 0 Å². The van der Waals surface area contributed by atoms with Gasteiger partial charge in [0.1, 0.15) is 0 Å². The summed E-state index contributed by atoms with van der Waals surface area (Å²) < 4.78 is 4.72. The zero-order chi connectivity index (χ0) is 18.2. The van der Waals surface area contributed by atoms with Crippen LogP contribution in [0.5, 0.6) is 0 Å². The molecule has 2 aromatic carbocycles. The Hall–Kier alpha value is -2.21. The summed E-state index contributed by atoms with van der Waals surface area (Å²) in [5, 5.41) is 10.4. The smallest absolute Gasteiger partial charge is 0.309 e. The lowest BCUT2D eigenvalue weighted by Crippen LogP contribution is -2.42. The summed E-state index contributed by atoms with van der Waals surface area (Å²) in [6.07, 6.45) is 0.315. The van der Waals surface area contributed by atoms with Gasteiger partial charge in [-0.3, -0.25) is 4.79 Å². The molecule has 1 fully saturated rings. The molecule has 0 aromatic heterocycles. The number of esters is 1. The van der Waals surface area contributed by atoms with Gasteiger partial charge in [-0.05, 0) is 22.3 Å². The largest absolute Gasteiger partial charge is 0.469 e. The van der Waals surface area contributed by atoms with Gasteiger partial charge >= 0.3 is 5.97 Å². The van der Waals surface area contributed by atoms with Crippen molar-refractivity contribution in [3.63, 3.8) is 0 Å². The van der Waals surface area contributed by atoms with Crippen LogP contribution in [-0.4, -0.2) is 32.7 Å². The highest BCUT2D eigenvalue weighted by Crippen LogP contribution is 2.15. The summed E-state index contributed by atoms with van der Waals surface area (Å²) in [6, 6.07) is 17.2. The van der Waals surface area contributed by atoms with Crippen molar-refractivity contribution in [2.75, 3.05) is 26.7 Å². The van der Waals surface area contributed by atoms with Crippen molar-refractivity contribution in [3.05, 3.63) is 70.8 Å². The number of hydrogen-bond acceptors (Lipinski definition) is 5. The topological polar surface area (TPSA) is 62.4 Å². The van der Waals surface area contributed by atoms with Crippen LogP contribution in [0.3, 0.4) is 0 Å². The van der Waals surface area contributed by atoms with Gasteiger partial charge in [0.15, 0.2) is 0 Å². The number of ether oxygens (including phenoxy) is 1. The molecule has 1 heterocycles. The van der Waals surface area contributed by atoms with Gasteiger partial charge in [-0.2, -0.15) is 0 Å². The molecule has 0 amide bonds. The Labute approximate surface area is 155 Å². The second-order valence-corrected chi connectivity index (χ2v) is 6.63. The maximum absolute atomic E-state index is 11.4. The summed E-state index contributed by atoms with van der Waals surface area (Å²) in [4.78, 5) is 11.4. The van der Waals surface area contributed by atoms with E-state index in [9.17, 15) is 4.79 Å². The van der Waals surface area contributed by atoms with Crippen molar-refractivity contribution >= 4 is 5.97 Å². The second kappa shape index (κ2) is 9.48. The van der Waals surface area contributed by atoms with Gasteiger partial charge in [-0.25, -0.2) is 0 Å². The molecule has 0 saturated carbocycles. The van der Waals surface area contributed by atoms with E-state index in [1.807, 2.05) is 12.1 Å². The van der Waals surface area contributed by atoms with Gasteiger partial charge in [0.2, 0.25) is 0 Å². The van der Waals surface area contributed by atoms with E-state index in [1.165, 1.54) is 23.8 Å². The quantitative estimate of drug-likeness (QED) is 0.664. The van der Waals surface area contributed by atoms with E-state index in [0.717, 1.165) is 38.3 Å². The molecule has 1 saturated heterocycles. The zero-order valence-electron chi connectivity index (χ0n) is 15.3. The molecule has 3 rings (SSSR count). The fourth-order valence-corrected chi connectivity index (χ4v) is 3.20. The minimum atomic E-state index is -0.210. The van der Waals surface area contributed by atoms with Crippen LogP contribution >= 0.6 is 0 Å².